The van der Waals surface area contributed by atoms with Crippen LogP contribution < -0.4 is 14.8 Å². The summed E-state index contributed by atoms with van der Waals surface area (Å²) in [5, 5.41) is 3.35. The highest BCUT2D eigenvalue weighted by Crippen LogP contribution is 2.38. The van der Waals surface area contributed by atoms with Gasteiger partial charge in [0.2, 0.25) is 0 Å². The Morgan fingerprint density at radius 1 is 1.48 bits per heavy atom. The number of esters is 1. The zero-order valence-corrected chi connectivity index (χ0v) is 14.0. The van der Waals surface area contributed by atoms with Gasteiger partial charge in [-0.3, -0.25) is 0 Å². The second kappa shape index (κ2) is 7.13. The van der Waals surface area contributed by atoms with E-state index in [1.54, 1.807) is 7.11 Å². The van der Waals surface area contributed by atoms with Crippen LogP contribution in [0.3, 0.4) is 0 Å². The van der Waals surface area contributed by atoms with Gasteiger partial charge in [-0.25, -0.2) is 4.79 Å². The van der Waals surface area contributed by atoms with E-state index in [0.717, 1.165) is 16.6 Å². The maximum absolute atomic E-state index is 11.5. The monoisotopic (exact) mass is 357 g/mol. The van der Waals surface area contributed by atoms with Gasteiger partial charge in [-0.05, 0) is 33.6 Å². The molecule has 0 bridgehead atoms. The topological polar surface area (TPSA) is 56.8 Å². The zero-order chi connectivity index (χ0) is 15.4. The van der Waals surface area contributed by atoms with Gasteiger partial charge in [-0.2, -0.15) is 0 Å². The van der Waals surface area contributed by atoms with E-state index >= 15 is 0 Å². The quantitative estimate of drug-likeness (QED) is 0.793. The molecule has 116 valence electrons. The first kappa shape index (κ1) is 16.1. The predicted molar refractivity (Wildman–Crippen MR) is 82.7 cm³/mol. The summed E-state index contributed by atoms with van der Waals surface area (Å²) in [4.78, 5) is 11.5. The third kappa shape index (κ3) is 4.11. The van der Waals surface area contributed by atoms with Crippen LogP contribution in [0.2, 0.25) is 0 Å². The van der Waals surface area contributed by atoms with Crippen molar-refractivity contribution in [3.63, 3.8) is 0 Å². The van der Waals surface area contributed by atoms with Gasteiger partial charge in [-0.1, -0.05) is 13.8 Å². The lowest BCUT2D eigenvalue weighted by Gasteiger charge is -2.17. The smallest absolute Gasteiger partial charge is 0.347 e. The summed E-state index contributed by atoms with van der Waals surface area (Å²) in [6.45, 7) is 5.32. The lowest BCUT2D eigenvalue weighted by molar-refractivity contribution is -0.143. The van der Waals surface area contributed by atoms with Crippen molar-refractivity contribution in [3.05, 3.63) is 22.2 Å². The number of nitrogens with one attached hydrogen (secondary N) is 1. The van der Waals surface area contributed by atoms with Crippen molar-refractivity contribution in [1.82, 2.24) is 5.32 Å². The molecule has 0 radical (unpaired) electrons. The van der Waals surface area contributed by atoms with Gasteiger partial charge in [0, 0.05) is 19.0 Å². The van der Waals surface area contributed by atoms with Gasteiger partial charge in [0.15, 0.2) is 17.6 Å². The van der Waals surface area contributed by atoms with E-state index in [4.69, 9.17) is 14.2 Å². The largest absolute Gasteiger partial charge is 0.493 e. The van der Waals surface area contributed by atoms with Crippen LogP contribution in [0.5, 0.6) is 11.5 Å². The maximum Gasteiger partial charge on any atom is 0.347 e. The molecule has 0 saturated carbocycles. The van der Waals surface area contributed by atoms with Crippen molar-refractivity contribution < 1.29 is 19.0 Å². The zero-order valence-electron chi connectivity index (χ0n) is 12.4. The molecular weight excluding hydrogens is 338 g/mol. The molecule has 1 fully saturated rings. The van der Waals surface area contributed by atoms with Gasteiger partial charge in [-0.15, -0.1) is 0 Å². The van der Waals surface area contributed by atoms with E-state index in [2.05, 4.69) is 35.1 Å². The summed E-state index contributed by atoms with van der Waals surface area (Å²) >= 11 is 3.49. The first-order valence-corrected chi connectivity index (χ1v) is 7.73. The van der Waals surface area contributed by atoms with Gasteiger partial charge >= 0.3 is 5.97 Å². The number of hydrogen-bond donors (Lipinski definition) is 1. The Balaban J connectivity index is 2.18. The average Bonchev–Trinajstić information content (AvgIpc) is 2.84. The summed E-state index contributed by atoms with van der Waals surface area (Å²) in [7, 11) is 1.58. The van der Waals surface area contributed by atoms with Gasteiger partial charge in [0.1, 0.15) is 0 Å². The van der Waals surface area contributed by atoms with Crippen molar-refractivity contribution >= 4 is 21.9 Å². The predicted octanol–water partition coefficient (Wildman–Crippen LogP) is 2.65. The molecule has 2 rings (SSSR count). The van der Waals surface area contributed by atoms with E-state index in [1.807, 2.05) is 12.1 Å². The Kier molecular flexibility index (Phi) is 5.47. The molecule has 1 atom stereocenters. The normalized spacial score (nSPS) is 18.0. The molecule has 0 aliphatic carbocycles. The van der Waals surface area contributed by atoms with E-state index in [1.165, 1.54) is 0 Å². The third-order valence-corrected chi connectivity index (χ3v) is 3.74. The third-order valence-electron chi connectivity index (χ3n) is 3.15. The number of carbonyl (C=O) groups is 1. The fourth-order valence-electron chi connectivity index (χ4n) is 2.04. The van der Waals surface area contributed by atoms with E-state index < -0.39 is 6.10 Å². The molecule has 1 heterocycles. The summed E-state index contributed by atoms with van der Waals surface area (Å²) in [6.07, 6.45) is 0.000265. The molecule has 1 saturated heterocycles. The van der Waals surface area contributed by atoms with Crippen molar-refractivity contribution in [3.8, 4) is 11.5 Å². The van der Waals surface area contributed by atoms with E-state index in [-0.39, 0.29) is 5.97 Å². The highest BCUT2D eigenvalue weighted by Gasteiger charge is 2.30. The number of halogens is 1. The van der Waals surface area contributed by atoms with E-state index in [0.29, 0.717) is 30.6 Å². The van der Waals surface area contributed by atoms with Gasteiger partial charge in [0.05, 0.1) is 18.2 Å². The van der Waals surface area contributed by atoms with Gasteiger partial charge in [0.25, 0.3) is 0 Å². The summed E-state index contributed by atoms with van der Waals surface area (Å²) in [5.41, 5.74) is 1.08. The first-order valence-electron chi connectivity index (χ1n) is 6.94. The number of benzene rings is 1. The first-order chi connectivity index (χ1) is 10.0. The Morgan fingerprint density at radius 2 is 2.24 bits per heavy atom. The molecule has 1 aliphatic rings. The second-order valence-electron chi connectivity index (χ2n) is 5.21. The van der Waals surface area contributed by atoms with Crippen LogP contribution in [0.4, 0.5) is 0 Å². The molecule has 0 amide bonds. The minimum absolute atomic E-state index is 0.325. The van der Waals surface area contributed by atoms with Crippen LogP contribution in [0, 0.1) is 0 Å². The molecule has 1 N–H and O–H groups in total. The van der Waals surface area contributed by atoms with Crippen LogP contribution in [0.1, 0.15) is 25.8 Å². The van der Waals surface area contributed by atoms with Crippen LogP contribution in [-0.4, -0.2) is 31.8 Å². The van der Waals surface area contributed by atoms with Crippen LogP contribution >= 0.6 is 15.9 Å². The molecule has 5 nitrogen and oxygen atoms in total. The van der Waals surface area contributed by atoms with Crippen molar-refractivity contribution in [2.75, 3.05) is 13.7 Å². The molecule has 6 heteroatoms. The number of hydrogen-bond acceptors (Lipinski definition) is 5. The summed E-state index contributed by atoms with van der Waals surface area (Å²) in [6, 6.07) is 4.28. The van der Waals surface area contributed by atoms with Crippen molar-refractivity contribution in [2.24, 2.45) is 0 Å². The lowest BCUT2D eigenvalue weighted by Crippen LogP contribution is -2.23. The lowest BCUT2D eigenvalue weighted by atomic mass is 10.2. The van der Waals surface area contributed by atoms with Crippen molar-refractivity contribution in [1.29, 1.82) is 0 Å². The fraction of sp³-hybridized carbons (Fsp3) is 0.533. The Labute approximate surface area is 133 Å². The molecule has 1 aromatic carbocycles. The highest BCUT2D eigenvalue weighted by atomic mass is 79.9. The molecule has 21 heavy (non-hydrogen) atoms. The average molecular weight is 358 g/mol. The summed E-state index contributed by atoms with van der Waals surface area (Å²) in [5.74, 6) is 0.814. The Bertz CT molecular complexity index is 519. The minimum atomic E-state index is -0.560. The molecule has 0 aromatic heterocycles. The molecule has 1 aliphatic heterocycles. The van der Waals surface area contributed by atoms with Gasteiger partial charge < -0.3 is 19.5 Å². The molecular formula is C15H20BrNO4. The number of rotatable bonds is 6. The summed E-state index contributed by atoms with van der Waals surface area (Å²) < 4.78 is 16.8. The van der Waals surface area contributed by atoms with Crippen LogP contribution in [0.15, 0.2) is 16.6 Å². The van der Waals surface area contributed by atoms with Crippen LogP contribution in [-0.2, 0) is 16.1 Å². The maximum atomic E-state index is 11.5. The molecule has 0 spiro atoms. The number of carbonyl (C=O) groups excluding carboxylic acids is 1. The number of methoxy groups -OCH3 is 1. The highest BCUT2D eigenvalue weighted by molar-refractivity contribution is 9.10. The minimum Gasteiger partial charge on any atom is -0.493 e. The Hall–Kier alpha value is -1.27. The number of cyclic esters (lactones) is 1. The fourth-order valence-corrected chi connectivity index (χ4v) is 2.62. The van der Waals surface area contributed by atoms with E-state index in [9.17, 15) is 4.79 Å². The molecule has 1 unspecified atom stereocenters. The second-order valence-corrected chi connectivity index (χ2v) is 6.06. The van der Waals surface area contributed by atoms with Crippen LogP contribution in [0.25, 0.3) is 0 Å². The molecule has 1 aromatic rings. The van der Waals surface area contributed by atoms with Crippen molar-refractivity contribution in [2.45, 2.75) is 39.0 Å². The Morgan fingerprint density at radius 3 is 2.81 bits per heavy atom. The number of ether oxygens (including phenoxy) is 3. The SMILES string of the molecule is COc1cc(CNC(C)C)cc(Br)c1OC1CCOC1=O. The standard InChI is InChI=1S/C15H20BrNO4/c1-9(2)17-8-10-6-11(16)14(13(7-10)19-3)21-12-4-5-20-15(12)18/h6-7,9,12,17H,4-5,8H2,1-3H3.